The van der Waals surface area contributed by atoms with E-state index < -0.39 is 5.97 Å². The summed E-state index contributed by atoms with van der Waals surface area (Å²) in [5.74, 6) is -0.556. The highest BCUT2D eigenvalue weighted by molar-refractivity contribution is 7.98. The van der Waals surface area contributed by atoms with E-state index in [0.717, 1.165) is 0 Å². The maximum atomic E-state index is 10.9. The Labute approximate surface area is 95.5 Å². The van der Waals surface area contributed by atoms with E-state index in [1.54, 1.807) is 18.3 Å². The Kier molecular flexibility index (Phi) is 3.21. The molecule has 0 aromatic carbocycles. The molecule has 0 atom stereocenters. The van der Waals surface area contributed by atoms with Gasteiger partial charge in [0.2, 0.25) is 0 Å². The predicted molar refractivity (Wildman–Crippen MR) is 57.3 cm³/mol. The van der Waals surface area contributed by atoms with Crippen molar-refractivity contribution in [1.29, 1.82) is 0 Å². The lowest BCUT2D eigenvalue weighted by Crippen LogP contribution is -2.04. The normalized spacial score (nSPS) is 10.2. The maximum Gasteiger partial charge on any atom is 0.354 e. The zero-order valence-corrected chi connectivity index (χ0v) is 8.98. The molecular weight excluding hydrogens is 228 g/mol. The number of pyridine rings is 1. The Bertz CT molecular complexity index is 485. The summed E-state index contributed by atoms with van der Waals surface area (Å²) in [6.45, 7) is 0. The maximum absolute atomic E-state index is 10.9. The zero-order valence-electron chi connectivity index (χ0n) is 8.16. The van der Waals surface area contributed by atoms with Gasteiger partial charge in [0.1, 0.15) is 6.26 Å². The van der Waals surface area contributed by atoms with Crippen LogP contribution in [0.15, 0.2) is 40.4 Å². The van der Waals surface area contributed by atoms with Crippen molar-refractivity contribution in [2.75, 3.05) is 0 Å². The minimum atomic E-state index is -1.02. The lowest BCUT2D eigenvalue weighted by atomic mass is 10.2. The number of thioether (sulfide) groups is 1. The molecule has 6 heteroatoms. The minimum absolute atomic E-state index is 0.0709. The molecule has 0 saturated heterocycles. The number of carboxylic acid groups (broad SMARTS) is 1. The molecule has 2 aromatic rings. The lowest BCUT2D eigenvalue weighted by molar-refractivity contribution is 0.0689. The van der Waals surface area contributed by atoms with Crippen LogP contribution in [0.3, 0.4) is 0 Å². The summed E-state index contributed by atoms with van der Waals surface area (Å²) in [4.78, 5) is 18.6. The smallest absolute Gasteiger partial charge is 0.354 e. The Morgan fingerprint density at radius 2 is 2.31 bits per heavy atom. The van der Waals surface area contributed by atoms with E-state index in [4.69, 9.17) is 9.52 Å². The van der Waals surface area contributed by atoms with Gasteiger partial charge in [0.15, 0.2) is 5.69 Å². The van der Waals surface area contributed by atoms with Crippen LogP contribution in [0.2, 0.25) is 0 Å². The van der Waals surface area contributed by atoms with Crippen LogP contribution in [0.4, 0.5) is 0 Å². The van der Waals surface area contributed by atoms with Gasteiger partial charge in [0.05, 0.1) is 6.20 Å². The Morgan fingerprint density at radius 3 is 3.00 bits per heavy atom. The fraction of sp³-hybridized carbons (Fsp3) is 0.100. The van der Waals surface area contributed by atoms with Crippen molar-refractivity contribution in [2.45, 2.75) is 11.0 Å². The molecule has 0 saturated carbocycles. The van der Waals surface area contributed by atoms with Crippen molar-refractivity contribution < 1.29 is 14.3 Å². The number of oxazole rings is 1. The fourth-order valence-corrected chi connectivity index (χ4v) is 1.94. The van der Waals surface area contributed by atoms with Gasteiger partial charge >= 0.3 is 5.97 Å². The highest BCUT2D eigenvalue weighted by Crippen LogP contribution is 2.21. The summed E-state index contributed by atoms with van der Waals surface area (Å²) < 4.78 is 5.04. The first kappa shape index (κ1) is 10.7. The second-order valence-corrected chi connectivity index (χ2v) is 3.83. The van der Waals surface area contributed by atoms with Crippen LogP contribution < -0.4 is 0 Å². The second-order valence-electron chi connectivity index (χ2n) is 2.90. The Morgan fingerprint density at radius 1 is 1.44 bits per heavy atom. The molecule has 82 valence electrons. The summed E-state index contributed by atoms with van der Waals surface area (Å²) >= 11 is 1.33. The number of hydrogen-bond donors (Lipinski definition) is 1. The monoisotopic (exact) mass is 236 g/mol. The van der Waals surface area contributed by atoms with Crippen molar-refractivity contribution in [3.05, 3.63) is 42.0 Å². The van der Waals surface area contributed by atoms with E-state index in [0.29, 0.717) is 16.5 Å². The van der Waals surface area contributed by atoms with Gasteiger partial charge in [-0.15, -0.1) is 0 Å². The first-order chi connectivity index (χ1) is 7.77. The zero-order chi connectivity index (χ0) is 11.4. The molecule has 0 fully saturated rings. The van der Waals surface area contributed by atoms with Gasteiger partial charge in [-0.25, -0.2) is 14.8 Å². The molecule has 2 aromatic heterocycles. The molecule has 0 amide bonds. The van der Waals surface area contributed by atoms with Crippen molar-refractivity contribution in [1.82, 2.24) is 9.97 Å². The number of rotatable bonds is 4. The molecule has 16 heavy (non-hydrogen) atoms. The Hall–Kier alpha value is -1.82. The molecule has 0 aliphatic heterocycles. The number of aromatic carboxylic acids is 1. The summed E-state index contributed by atoms with van der Waals surface area (Å²) in [5, 5.41) is 9.43. The number of carbonyl (C=O) groups is 1. The number of carboxylic acids is 1. The van der Waals surface area contributed by atoms with E-state index in [1.807, 2.05) is 0 Å². The average molecular weight is 236 g/mol. The minimum Gasteiger partial charge on any atom is -0.477 e. The quantitative estimate of drug-likeness (QED) is 0.819. The molecular formula is C10H8N2O3S. The van der Waals surface area contributed by atoms with Gasteiger partial charge in [-0.2, -0.15) is 0 Å². The molecule has 0 aliphatic carbocycles. The third kappa shape index (κ3) is 2.40. The lowest BCUT2D eigenvalue weighted by Gasteiger charge is -2.02. The predicted octanol–water partition coefficient (Wildman–Crippen LogP) is 2.06. The highest BCUT2D eigenvalue weighted by atomic mass is 32.2. The SMILES string of the molecule is O=C(O)c1ncccc1CSc1ncco1. The summed E-state index contributed by atoms with van der Waals surface area (Å²) in [6.07, 6.45) is 4.48. The second kappa shape index (κ2) is 4.80. The van der Waals surface area contributed by atoms with Crippen molar-refractivity contribution in [3.63, 3.8) is 0 Å². The van der Waals surface area contributed by atoms with E-state index in [9.17, 15) is 4.79 Å². The van der Waals surface area contributed by atoms with Crippen molar-refractivity contribution in [2.24, 2.45) is 0 Å². The largest absolute Gasteiger partial charge is 0.477 e. The van der Waals surface area contributed by atoms with Crippen molar-refractivity contribution >= 4 is 17.7 Å². The standard InChI is InChI=1S/C10H8N2O3S/c13-9(14)8-7(2-1-3-11-8)6-16-10-12-4-5-15-10/h1-5H,6H2,(H,13,14). The molecule has 0 radical (unpaired) electrons. The van der Waals surface area contributed by atoms with Crippen LogP contribution in [0, 0.1) is 0 Å². The molecule has 0 aliphatic rings. The van der Waals surface area contributed by atoms with Crippen LogP contribution in [0.1, 0.15) is 16.1 Å². The molecule has 2 rings (SSSR count). The van der Waals surface area contributed by atoms with Crippen LogP contribution in [-0.4, -0.2) is 21.0 Å². The van der Waals surface area contributed by atoms with E-state index >= 15 is 0 Å². The fourth-order valence-electron chi connectivity index (χ4n) is 1.17. The Balaban J connectivity index is 2.12. The van der Waals surface area contributed by atoms with Crippen LogP contribution in [0.5, 0.6) is 0 Å². The highest BCUT2D eigenvalue weighted by Gasteiger charge is 2.11. The van der Waals surface area contributed by atoms with Gasteiger partial charge in [-0.3, -0.25) is 0 Å². The van der Waals surface area contributed by atoms with E-state index in [1.165, 1.54) is 24.2 Å². The van der Waals surface area contributed by atoms with Crippen LogP contribution in [0.25, 0.3) is 0 Å². The van der Waals surface area contributed by atoms with Gasteiger partial charge in [0, 0.05) is 11.9 Å². The third-order valence-corrected chi connectivity index (χ3v) is 2.76. The van der Waals surface area contributed by atoms with Gasteiger partial charge in [0.25, 0.3) is 5.22 Å². The van der Waals surface area contributed by atoms with Crippen LogP contribution in [-0.2, 0) is 5.75 Å². The third-order valence-electron chi connectivity index (χ3n) is 1.85. The molecule has 5 nitrogen and oxygen atoms in total. The van der Waals surface area contributed by atoms with Gasteiger partial charge in [-0.05, 0) is 11.6 Å². The van der Waals surface area contributed by atoms with Crippen molar-refractivity contribution in [3.8, 4) is 0 Å². The molecule has 0 unspecified atom stereocenters. The summed E-state index contributed by atoms with van der Waals surface area (Å²) in [5.41, 5.74) is 0.722. The average Bonchev–Trinajstić information content (AvgIpc) is 2.79. The van der Waals surface area contributed by atoms with E-state index in [2.05, 4.69) is 9.97 Å². The molecule has 0 spiro atoms. The first-order valence-electron chi connectivity index (χ1n) is 4.47. The molecule has 0 bridgehead atoms. The van der Waals surface area contributed by atoms with E-state index in [-0.39, 0.29) is 5.69 Å². The number of nitrogens with zero attached hydrogens (tertiary/aromatic N) is 2. The topological polar surface area (TPSA) is 76.2 Å². The van der Waals surface area contributed by atoms with Gasteiger partial charge in [-0.1, -0.05) is 17.8 Å². The number of hydrogen-bond acceptors (Lipinski definition) is 5. The summed E-state index contributed by atoms with van der Waals surface area (Å²) in [6, 6.07) is 3.43. The summed E-state index contributed by atoms with van der Waals surface area (Å²) in [7, 11) is 0. The first-order valence-corrected chi connectivity index (χ1v) is 5.45. The molecule has 1 N–H and O–H groups in total. The van der Waals surface area contributed by atoms with Crippen LogP contribution >= 0.6 is 11.8 Å². The number of aromatic nitrogens is 2. The van der Waals surface area contributed by atoms with Gasteiger partial charge < -0.3 is 9.52 Å². The molecule has 2 heterocycles.